The molecule has 186 valence electrons. The van der Waals surface area contributed by atoms with Crippen molar-refractivity contribution >= 4 is 29.7 Å². The van der Waals surface area contributed by atoms with E-state index in [1.54, 1.807) is 11.8 Å². The van der Waals surface area contributed by atoms with Crippen molar-refractivity contribution in [2.24, 2.45) is 5.92 Å². The number of hydrogen-bond acceptors (Lipinski definition) is 5. The first-order valence-corrected chi connectivity index (χ1v) is 13.5. The number of nitrogens with one attached hydrogen (secondary N) is 1. The number of carboxylic acids is 1. The molecule has 0 bridgehead atoms. The molecular formula is C27H32N2O5S. The van der Waals surface area contributed by atoms with Gasteiger partial charge in [-0.1, -0.05) is 48.5 Å². The Morgan fingerprint density at radius 3 is 2.34 bits per heavy atom. The zero-order valence-electron chi connectivity index (χ0n) is 19.9. The Morgan fingerprint density at radius 1 is 1.06 bits per heavy atom. The molecular weight excluding hydrogens is 464 g/mol. The fraction of sp³-hybridized carbons (Fsp3) is 0.444. The van der Waals surface area contributed by atoms with E-state index in [2.05, 4.69) is 29.6 Å². The van der Waals surface area contributed by atoms with Crippen LogP contribution in [-0.4, -0.2) is 65.7 Å². The first-order valence-electron chi connectivity index (χ1n) is 12.1. The minimum atomic E-state index is -0.999. The van der Waals surface area contributed by atoms with Crippen LogP contribution < -0.4 is 5.32 Å². The smallest absolute Gasteiger partial charge is 0.407 e. The summed E-state index contributed by atoms with van der Waals surface area (Å²) in [6, 6.07) is 16.4. The standard InChI is InChI=1S/C27H32N2O5S/c1-35-13-12-29(16-26(31)32)25(30)15-18-10-11-19(14-18)28-27(33)34-17-24-22-8-4-2-6-20(22)21-7-3-5-9-23(21)24/h2-9,18-19,24H,10-17H2,1H3,(H,28,33)(H,31,32). The van der Waals surface area contributed by atoms with Crippen LogP contribution in [0.2, 0.25) is 0 Å². The van der Waals surface area contributed by atoms with Crippen LogP contribution in [0.1, 0.15) is 42.7 Å². The van der Waals surface area contributed by atoms with Gasteiger partial charge in [-0.3, -0.25) is 9.59 Å². The van der Waals surface area contributed by atoms with Crippen LogP contribution in [0.25, 0.3) is 11.1 Å². The van der Waals surface area contributed by atoms with Crippen LogP contribution in [0.3, 0.4) is 0 Å². The van der Waals surface area contributed by atoms with E-state index in [1.807, 2.05) is 30.5 Å². The maximum atomic E-state index is 12.7. The van der Waals surface area contributed by atoms with E-state index in [0.29, 0.717) is 25.1 Å². The number of thioether (sulfide) groups is 1. The molecule has 0 spiro atoms. The molecule has 2 aromatic carbocycles. The van der Waals surface area contributed by atoms with Gasteiger partial charge in [0.1, 0.15) is 13.2 Å². The molecule has 1 fully saturated rings. The third kappa shape index (κ3) is 6.17. The highest BCUT2D eigenvalue weighted by Crippen LogP contribution is 2.44. The highest BCUT2D eigenvalue weighted by molar-refractivity contribution is 7.98. The average molecular weight is 497 g/mol. The van der Waals surface area contributed by atoms with Gasteiger partial charge in [-0.25, -0.2) is 4.79 Å². The maximum absolute atomic E-state index is 12.7. The molecule has 0 radical (unpaired) electrons. The normalized spacial score (nSPS) is 18.5. The number of hydrogen-bond donors (Lipinski definition) is 2. The predicted octanol–water partition coefficient (Wildman–Crippen LogP) is 4.36. The summed E-state index contributed by atoms with van der Waals surface area (Å²) < 4.78 is 5.65. The van der Waals surface area contributed by atoms with E-state index in [0.717, 1.165) is 12.8 Å². The molecule has 8 heteroatoms. The summed E-state index contributed by atoms with van der Waals surface area (Å²) in [5.74, 6) is -0.278. The van der Waals surface area contributed by atoms with Gasteiger partial charge in [0.25, 0.3) is 0 Å². The van der Waals surface area contributed by atoms with Crippen LogP contribution >= 0.6 is 11.8 Å². The summed E-state index contributed by atoms with van der Waals surface area (Å²) >= 11 is 1.58. The van der Waals surface area contributed by atoms with Gasteiger partial charge in [-0.15, -0.1) is 0 Å². The third-order valence-electron chi connectivity index (χ3n) is 6.91. The molecule has 0 aliphatic heterocycles. The Labute approximate surface area is 210 Å². The number of rotatable bonds is 10. The van der Waals surface area contributed by atoms with Crippen molar-refractivity contribution in [2.45, 2.75) is 37.6 Å². The number of carbonyl (C=O) groups is 3. The van der Waals surface area contributed by atoms with Crippen LogP contribution in [0.4, 0.5) is 4.79 Å². The van der Waals surface area contributed by atoms with Crippen molar-refractivity contribution in [3.63, 3.8) is 0 Å². The van der Waals surface area contributed by atoms with Crippen LogP contribution in [0.5, 0.6) is 0 Å². The van der Waals surface area contributed by atoms with Crippen molar-refractivity contribution < 1.29 is 24.2 Å². The molecule has 2 N–H and O–H groups in total. The lowest BCUT2D eigenvalue weighted by Crippen LogP contribution is -2.38. The van der Waals surface area contributed by atoms with Gasteiger partial charge < -0.3 is 20.1 Å². The van der Waals surface area contributed by atoms with Gasteiger partial charge in [0.15, 0.2) is 0 Å². The average Bonchev–Trinajstić information content (AvgIpc) is 3.41. The zero-order chi connectivity index (χ0) is 24.8. The molecule has 1 saturated carbocycles. The molecule has 2 unspecified atom stereocenters. The molecule has 2 aromatic rings. The highest BCUT2D eigenvalue weighted by atomic mass is 32.2. The van der Waals surface area contributed by atoms with Crippen molar-refractivity contribution in [1.82, 2.24) is 10.2 Å². The second-order valence-corrected chi connectivity index (χ2v) is 10.2. The molecule has 2 atom stereocenters. The Morgan fingerprint density at radius 2 is 1.71 bits per heavy atom. The van der Waals surface area contributed by atoms with Gasteiger partial charge in [0.05, 0.1) is 0 Å². The Hall–Kier alpha value is -3.00. The van der Waals surface area contributed by atoms with Crippen molar-refractivity contribution in [3.05, 3.63) is 59.7 Å². The molecule has 4 rings (SSSR count). The first-order chi connectivity index (χ1) is 17.0. The molecule has 35 heavy (non-hydrogen) atoms. The quantitative estimate of drug-likeness (QED) is 0.507. The Kier molecular flexibility index (Phi) is 8.33. The van der Waals surface area contributed by atoms with E-state index >= 15 is 0 Å². The number of fused-ring (bicyclic) bond motifs is 3. The molecule has 7 nitrogen and oxygen atoms in total. The van der Waals surface area contributed by atoms with Crippen molar-refractivity contribution in [3.8, 4) is 11.1 Å². The molecule has 2 aliphatic rings. The van der Waals surface area contributed by atoms with Crippen LogP contribution in [0, 0.1) is 5.92 Å². The lowest BCUT2D eigenvalue weighted by atomic mass is 9.98. The minimum Gasteiger partial charge on any atom is -0.480 e. The third-order valence-corrected chi connectivity index (χ3v) is 7.51. The van der Waals surface area contributed by atoms with E-state index in [4.69, 9.17) is 9.84 Å². The molecule has 0 aromatic heterocycles. The molecule has 2 aliphatic carbocycles. The number of nitrogens with zero attached hydrogens (tertiary/aromatic N) is 1. The van der Waals surface area contributed by atoms with E-state index < -0.39 is 12.1 Å². The molecule has 0 saturated heterocycles. The molecule has 2 amide bonds. The number of aliphatic carboxylic acids is 1. The number of alkyl carbamates (subject to hydrolysis) is 1. The fourth-order valence-corrected chi connectivity index (χ4v) is 5.63. The van der Waals surface area contributed by atoms with Gasteiger partial charge in [-0.05, 0) is 53.7 Å². The van der Waals surface area contributed by atoms with E-state index in [9.17, 15) is 14.4 Å². The van der Waals surface area contributed by atoms with Gasteiger partial charge >= 0.3 is 12.1 Å². The lowest BCUT2D eigenvalue weighted by molar-refractivity contribution is -0.144. The minimum absolute atomic E-state index is 0.0172. The summed E-state index contributed by atoms with van der Waals surface area (Å²) in [5, 5.41) is 12.1. The number of ether oxygens (including phenoxy) is 1. The lowest BCUT2D eigenvalue weighted by Gasteiger charge is -2.22. The number of carboxylic acid groups (broad SMARTS) is 1. The summed E-state index contributed by atoms with van der Waals surface area (Å²) in [7, 11) is 0. The zero-order valence-corrected chi connectivity index (χ0v) is 20.8. The summed E-state index contributed by atoms with van der Waals surface area (Å²) in [4.78, 5) is 37.8. The summed E-state index contributed by atoms with van der Waals surface area (Å²) in [6.45, 7) is 0.433. The van der Waals surface area contributed by atoms with Gasteiger partial charge in [0, 0.05) is 30.7 Å². The largest absolute Gasteiger partial charge is 0.480 e. The van der Waals surface area contributed by atoms with Crippen LogP contribution in [0.15, 0.2) is 48.5 Å². The van der Waals surface area contributed by atoms with E-state index in [1.165, 1.54) is 27.2 Å². The van der Waals surface area contributed by atoms with E-state index in [-0.39, 0.29) is 36.9 Å². The Bertz CT molecular complexity index is 1030. The second kappa shape index (κ2) is 11.6. The first kappa shape index (κ1) is 25.1. The monoisotopic (exact) mass is 496 g/mol. The van der Waals surface area contributed by atoms with Gasteiger partial charge in [0.2, 0.25) is 5.91 Å². The fourth-order valence-electron chi connectivity index (χ4n) is 5.23. The van der Waals surface area contributed by atoms with Crippen molar-refractivity contribution in [1.29, 1.82) is 0 Å². The summed E-state index contributed by atoms with van der Waals surface area (Å²) in [6.07, 6.45) is 4.11. The predicted molar refractivity (Wildman–Crippen MR) is 137 cm³/mol. The number of amides is 2. The second-order valence-electron chi connectivity index (χ2n) is 9.25. The molecule has 0 heterocycles. The van der Waals surface area contributed by atoms with Crippen LogP contribution in [-0.2, 0) is 14.3 Å². The number of carbonyl (C=O) groups excluding carboxylic acids is 2. The van der Waals surface area contributed by atoms with Gasteiger partial charge in [-0.2, -0.15) is 11.8 Å². The number of benzene rings is 2. The maximum Gasteiger partial charge on any atom is 0.407 e. The SMILES string of the molecule is CSCCN(CC(=O)O)C(=O)CC1CCC(NC(=O)OCC2c3ccccc3-c3ccccc32)C1. The Balaban J connectivity index is 1.26. The summed E-state index contributed by atoms with van der Waals surface area (Å²) in [5.41, 5.74) is 4.73. The van der Waals surface area contributed by atoms with Crippen molar-refractivity contribution in [2.75, 3.05) is 31.7 Å². The topological polar surface area (TPSA) is 95.9 Å². The highest BCUT2D eigenvalue weighted by Gasteiger charge is 2.31.